The van der Waals surface area contributed by atoms with Crippen LogP contribution in [0.3, 0.4) is 0 Å². The van der Waals surface area contributed by atoms with Crippen LogP contribution >= 0.6 is 23.2 Å². The van der Waals surface area contributed by atoms with Crippen molar-refractivity contribution in [1.29, 1.82) is 0 Å². The zero-order chi connectivity index (χ0) is 78.0. The second kappa shape index (κ2) is 31.1. The summed E-state index contributed by atoms with van der Waals surface area (Å²) < 4.78 is 30.8. The van der Waals surface area contributed by atoms with Crippen LogP contribution in [0.25, 0.3) is 11.1 Å². The topological polar surface area (TPSA) is 495 Å². The van der Waals surface area contributed by atoms with Crippen molar-refractivity contribution in [1.82, 2.24) is 42.1 Å². The van der Waals surface area contributed by atoms with E-state index in [1.54, 1.807) is 34.6 Å². The minimum Gasteiger partial charge on any atom is -0.508 e. The van der Waals surface area contributed by atoms with Crippen LogP contribution in [0.5, 0.6) is 46.0 Å². The molecule has 5 aromatic rings. The largest absolute Gasteiger partial charge is 0.508 e. The normalized spacial score (nSPS) is 29.1. The van der Waals surface area contributed by atoms with Crippen molar-refractivity contribution in [3.8, 4) is 57.1 Å². The maximum absolute atomic E-state index is 16.2. The minimum atomic E-state index is -2.34. The Morgan fingerprint density at radius 1 is 0.648 bits per heavy atom. The lowest BCUT2D eigenvalue weighted by Gasteiger charge is -2.54. The first kappa shape index (κ1) is 77.8. The van der Waals surface area contributed by atoms with Gasteiger partial charge in [0.25, 0.3) is 0 Å². The second-order valence-corrected chi connectivity index (χ2v) is 30.9. The fourth-order valence-corrected chi connectivity index (χ4v) is 16.1. The average Bonchev–Trinajstić information content (AvgIpc) is 0.761. The lowest BCUT2D eigenvalue weighted by atomic mass is 9.54. The summed E-state index contributed by atoms with van der Waals surface area (Å²) >= 11 is 14.2. The number of phenols is 3. The number of hydrogen-bond donors (Lipinski definition) is 17. The molecule has 0 radical (unpaired) electrons. The molecule has 15 bridgehead atoms. The highest BCUT2D eigenvalue weighted by molar-refractivity contribution is 6.32. The Morgan fingerprint density at radius 3 is 1.81 bits per heavy atom. The maximum atomic E-state index is 16.2. The Hall–Kier alpha value is -9.77. The number of carbonyl (C=O) groups is 9. The molecule has 5 fully saturated rings. The molecule has 578 valence electrons. The van der Waals surface area contributed by atoms with E-state index >= 15 is 28.8 Å². The molecule has 1 saturated heterocycles. The molecule has 18 N–H and O–H groups in total. The molecule has 4 saturated carbocycles. The number of aliphatic hydroxyl groups excluding tert-OH is 6. The lowest BCUT2D eigenvalue weighted by Crippen LogP contribution is -2.60. The van der Waals surface area contributed by atoms with E-state index in [2.05, 4.69) is 37.2 Å². The van der Waals surface area contributed by atoms with Gasteiger partial charge in [-0.25, -0.2) is 4.79 Å². The van der Waals surface area contributed by atoms with Crippen LogP contribution in [-0.4, -0.2) is 184 Å². The molecule has 15 rings (SSSR count). The van der Waals surface area contributed by atoms with Crippen molar-refractivity contribution in [2.45, 2.75) is 176 Å². The van der Waals surface area contributed by atoms with Crippen LogP contribution in [0.1, 0.15) is 138 Å². The van der Waals surface area contributed by atoms with Crippen molar-refractivity contribution in [3.05, 3.63) is 117 Å². The molecule has 14 atom stereocenters. The Bertz CT molecular complexity index is 4380. The Morgan fingerprint density at radius 2 is 1.23 bits per heavy atom. The number of benzene rings is 5. The standard InChI is InChI=1S/C74H85Cl2N9O23/c1-28(2)13-43(85(6)73(103)108-74(3,4)5)66(97)83-57-59(91)32-8-11-46(40(75)20-32)104-48-22-36-23-49(64(48)107-72-63(95)62(94)61(93)50(27-86)106-72)105-47-12-9-33(21-41(47)76)60(92)58-71(102)82-56(69(100)79-53-34-15-29-14-30(17-34)18-35(53)16-29)39-24-37(87)25-45(89)52(39)38-19-31(7-10-44(38)88)54(67(98)84-58)81-68(99)55(36)80-65(96)42(26-51(77)90)78-70(57)101/h7-12,19-25,28-30,34-35,42-43,50,53-63,72,86-89,91-95H,13-18,26-27H2,1-6H3,(H2,77,90)(H,78,101)(H,79,100)(H,80,96)(H,81,99)(H,82,102)(H,83,97)(H,84,98)/t29?,30?,34?,35?,42-,43+,50?,53?,54+,55+,56?,57+,58+,59+,60+,61?,62?,63?,72?/m0/s1. The minimum absolute atomic E-state index is 0.0481. The monoisotopic (exact) mass is 1540 g/mol. The number of phenolic OH excluding ortho intramolecular Hbond substituents is 3. The number of carbonyl (C=O) groups excluding carboxylic acids is 9. The number of nitrogens with one attached hydrogen (secondary N) is 7. The predicted molar refractivity (Wildman–Crippen MR) is 379 cm³/mol. The summed E-state index contributed by atoms with van der Waals surface area (Å²) in [7, 11) is 1.27. The summed E-state index contributed by atoms with van der Waals surface area (Å²) in [6.45, 7) is 7.31. The van der Waals surface area contributed by atoms with Crippen LogP contribution in [0.4, 0.5) is 4.79 Å². The molecule has 108 heavy (non-hydrogen) atoms. The zero-order valence-corrected chi connectivity index (χ0v) is 60.7. The van der Waals surface area contributed by atoms with Gasteiger partial charge in [-0.15, -0.1) is 0 Å². The molecule has 4 aliphatic carbocycles. The average molecular weight is 1540 g/mol. The summed E-state index contributed by atoms with van der Waals surface area (Å²) in [5.41, 5.74) is 2.55. The smallest absolute Gasteiger partial charge is 0.410 e. The molecule has 6 heterocycles. The molecule has 5 aromatic carbocycles. The number of halogens is 2. The van der Waals surface area contributed by atoms with E-state index in [4.69, 9.17) is 52.6 Å². The van der Waals surface area contributed by atoms with Crippen molar-refractivity contribution in [2.24, 2.45) is 35.3 Å². The number of rotatable bonds is 12. The van der Waals surface area contributed by atoms with Crippen LogP contribution in [0, 0.1) is 29.6 Å². The van der Waals surface area contributed by atoms with E-state index in [0.29, 0.717) is 11.8 Å². The van der Waals surface area contributed by atoms with E-state index in [1.807, 2.05) is 0 Å². The number of fused-ring (bicyclic) bond motifs is 15. The van der Waals surface area contributed by atoms with Gasteiger partial charge in [0.15, 0.2) is 11.5 Å². The molecule has 0 spiro atoms. The number of hydrogen-bond acceptors (Lipinski definition) is 23. The van der Waals surface area contributed by atoms with E-state index < -0.39 is 207 Å². The SMILES string of the molecule is CC(C)C[C@H](C(=O)N[C@H]1C(=O)N[C@@H](CC(N)=O)C(=O)N[C@H]2C(=O)N[C@H]3C(=O)N[C@@H](C(=O)NC(C(=O)NC4C5CC6CC(C5)CC4C6)c4cc(O)cc(O)c4-c4cc3ccc4O)[C@H](O)c3ccc(c(Cl)c3)Oc3cc2cc(c3OC2OC(CO)C(O)C(O)C2O)Oc2ccc(cc2Cl)[C@H]1O)N(C)C(=O)OC(C)(C)C. The molecule has 0 aromatic heterocycles. The van der Waals surface area contributed by atoms with E-state index in [9.17, 15) is 60.3 Å². The van der Waals surface area contributed by atoms with Crippen LogP contribution in [0.15, 0.2) is 78.9 Å². The quantitative estimate of drug-likeness (QED) is 0.0851. The molecule has 34 heteroatoms. The third-order valence-corrected chi connectivity index (χ3v) is 21.3. The molecule has 6 unspecified atom stereocenters. The van der Waals surface area contributed by atoms with Gasteiger partial charge in [-0.05, 0) is 171 Å². The van der Waals surface area contributed by atoms with Crippen LogP contribution in [0.2, 0.25) is 10.0 Å². The Balaban J connectivity index is 1.04. The van der Waals surface area contributed by atoms with Crippen molar-refractivity contribution in [2.75, 3.05) is 13.7 Å². The molecular weight excluding hydrogens is 1450 g/mol. The Kier molecular flexibility index (Phi) is 22.4. The van der Waals surface area contributed by atoms with Crippen molar-refractivity contribution < 1.29 is 113 Å². The van der Waals surface area contributed by atoms with Gasteiger partial charge in [0, 0.05) is 30.3 Å². The number of ether oxygens (including phenoxy) is 5. The number of aliphatic hydroxyl groups is 6. The van der Waals surface area contributed by atoms with Crippen LogP contribution < -0.4 is 57.2 Å². The molecular formula is C74H85Cl2N9O23. The summed E-state index contributed by atoms with van der Waals surface area (Å²) in [5.74, 6) is -13.8. The molecule has 10 aliphatic rings. The highest BCUT2D eigenvalue weighted by Gasteiger charge is 2.51. The Labute approximate surface area is 627 Å². The fraction of sp³-hybridized carbons (Fsp3) is 0.473. The van der Waals surface area contributed by atoms with E-state index in [0.717, 1.165) is 97.7 Å². The van der Waals surface area contributed by atoms with Gasteiger partial charge in [-0.1, -0.05) is 55.2 Å². The first-order valence-electron chi connectivity index (χ1n) is 35.2. The van der Waals surface area contributed by atoms with Gasteiger partial charge in [0.1, 0.15) is 113 Å². The number of likely N-dealkylation sites (N-methyl/N-ethyl adjacent to an activating group) is 1. The molecule has 9 amide bonds. The lowest BCUT2D eigenvalue weighted by molar-refractivity contribution is -0.277. The van der Waals surface area contributed by atoms with Crippen molar-refractivity contribution in [3.63, 3.8) is 0 Å². The van der Waals surface area contributed by atoms with Gasteiger partial charge in [0.2, 0.25) is 59.3 Å². The predicted octanol–water partition coefficient (Wildman–Crippen LogP) is 3.37. The summed E-state index contributed by atoms with van der Waals surface area (Å²) in [6, 6.07) is -0.484. The van der Waals surface area contributed by atoms with Gasteiger partial charge < -0.3 is 113 Å². The first-order chi connectivity index (χ1) is 51.0. The zero-order valence-electron chi connectivity index (χ0n) is 59.2. The summed E-state index contributed by atoms with van der Waals surface area (Å²) in [5, 5.41) is 122. The van der Waals surface area contributed by atoms with Gasteiger partial charge in [0.05, 0.1) is 23.1 Å². The van der Waals surface area contributed by atoms with Crippen LogP contribution in [-0.2, 0) is 47.8 Å². The third-order valence-electron chi connectivity index (χ3n) is 20.7. The molecule has 32 nitrogen and oxygen atoms in total. The van der Waals surface area contributed by atoms with Gasteiger partial charge >= 0.3 is 6.09 Å². The third kappa shape index (κ3) is 16.2. The van der Waals surface area contributed by atoms with E-state index in [-0.39, 0.29) is 75.1 Å². The second-order valence-electron chi connectivity index (χ2n) is 30.1. The number of primary amides is 1. The number of amides is 9. The van der Waals surface area contributed by atoms with E-state index in [1.165, 1.54) is 25.2 Å². The fourth-order valence-electron chi connectivity index (χ4n) is 15.7. The summed E-state index contributed by atoms with van der Waals surface area (Å²) in [6.07, 6.45) is -11.9. The van der Waals surface area contributed by atoms with Gasteiger partial charge in [-0.2, -0.15) is 0 Å². The molecule has 6 aliphatic heterocycles. The number of aromatic hydroxyl groups is 3. The summed E-state index contributed by atoms with van der Waals surface area (Å²) in [4.78, 5) is 136. The first-order valence-corrected chi connectivity index (χ1v) is 36.0. The maximum Gasteiger partial charge on any atom is 0.410 e. The van der Waals surface area contributed by atoms with Crippen molar-refractivity contribution >= 4 is 76.6 Å². The highest BCUT2D eigenvalue weighted by Crippen LogP contribution is 2.55. The number of nitrogens with two attached hydrogens (primary N) is 1. The number of nitrogens with zero attached hydrogens (tertiary/aromatic N) is 1. The highest BCUT2D eigenvalue weighted by atomic mass is 35.5. The van der Waals surface area contributed by atoms with Gasteiger partial charge in [-0.3, -0.25) is 43.3 Å².